The molecular weight excluding hydrogens is 329 g/mol. The number of halogens is 4. The highest BCUT2D eigenvalue weighted by molar-refractivity contribution is 9.10. The van der Waals surface area contributed by atoms with Crippen molar-refractivity contribution >= 4 is 21.6 Å². The summed E-state index contributed by atoms with van der Waals surface area (Å²) in [5, 5.41) is 13.2. The van der Waals surface area contributed by atoms with Crippen LogP contribution in [0.15, 0.2) is 22.7 Å². The maximum Gasteiger partial charge on any atom is 0.406 e. The number of alkyl halides is 3. The second-order valence-electron chi connectivity index (χ2n) is 4.48. The first-order chi connectivity index (χ1) is 8.75. The Morgan fingerprint density at radius 2 is 2.05 bits per heavy atom. The summed E-state index contributed by atoms with van der Waals surface area (Å²) in [6.45, 7) is -0.0480. The van der Waals surface area contributed by atoms with Crippen LogP contribution in [0, 0.1) is 10.1 Å². The fraction of sp³-hybridized carbons (Fsp3) is 0.455. The van der Waals surface area contributed by atoms with Gasteiger partial charge in [0.15, 0.2) is 0 Å². The van der Waals surface area contributed by atoms with Crippen LogP contribution < -0.4 is 5.32 Å². The van der Waals surface area contributed by atoms with Gasteiger partial charge in [-0.1, -0.05) is 6.07 Å². The van der Waals surface area contributed by atoms with Crippen molar-refractivity contribution in [2.24, 2.45) is 0 Å². The summed E-state index contributed by atoms with van der Waals surface area (Å²) in [4.78, 5) is 10.1. The predicted molar refractivity (Wildman–Crippen MR) is 65.7 cm³/mol. The number of hydrogen-bond acceptors (Lipinski definition) is 3. The first-order valence-corrected chi connectivity index (χ1v) is 6.29. The lowest BCUT2D eigenvalue weighted by Crippen LogP contribution is -2.44. The van der Waals surface area contributed by atoms with Crippen molar-refractivity contribution in [1.82, 2.24) is 5.32 Å². The van der Waals surface area contributed by atoms with E-state index in [1.165, 1.54) is 12.1 Å². The van der Waals surface area contributed by atoms with E-state index in [1.54, 1.807) is 6.07 Å². The first kappa shape index (κ1) is 14.3. The molecule has 2 rings (SSSR count). The molecule has 1 aromatic rings. The van der Waals surface area contributed by atoms with E-state index in [2.05, 4.69) is 21.2 Å². The van der Waals surface area contributed by atoms with Gasteiger partial charge in [0, 0.05) is 12.6 Å². The number of nitro groups is 1. The summed E-state index contributed by atoms with van der Waals surface area (Å²) in [6, 6.07) is 4.28. The quantitative estimate of drug-likeness (QED) is 0.674. The summed E-state index contributed by atoms with van der Waals surface area (Å²) in [5.41, 5.74) is -1.52. The maximum atomic E-state index is 12.7. The van der Waals surface area contributed by atoms with E-state index >= 15 is 0 Å². The van der Waals surface area contributed by atoms with Gasteiger partial charge in [-0.2, -0.15) is 13.2 Å². The van der Waals surface area contributed by atoms with Gasteiger partial charge in [-0.15, -0.1) is 0 Å². The zero-order valence-electron chi connectivity index (χ0n) is 9.63. The topological polar surface area (TPSA) is 55.2 Å². The molecule has 1 fully saturated rings. The Morgan fingerprint density at radius 3 is 2.53 bits per heavy atom. The highest BCUT2D eigenvalue weighted by Crippen LogP contribution is 2.49. The molecule has 0 heterocycles. The monoisotopic (exact) mass is 338 g/mol. The molecule has 0 spiro atoms. The Bertz CT molecular complexity index is 515. The Kier molecular flexibility index (Phi) is 3.57. The van der Waals surface area contributed by atoms with Gasteiger partial charge < -0.3 is 0 Å². The van der Waals surface area contributed by atoms with Gasteiger partial charge in [-0.25, -0.2) is 0 Å². The first-order valence-electron chi connectivity index (χ1n) is 5.50. The zero-order valence-corrected chi connectivity index (χ0v) is 11.2. The Balaban J connectivity index is 2.09. The summed E-state index contributed by atoms with van der Waals surface area (Å²) >= 11 is 3.02. The SMILES string of the molecule is O=[N+]([O-])c1cc(CNC2(C(F)(F)F)CC2)ccc1Br. The van der Waals surface area contributed by atoms with E-state index in [-0.39, 0.29) is 25.1 Å². The lowest BCUT2D eigenvalue weighted by atomic mass is 10.1. The van der Waals surface area contributed by atoms with Gasteiger partial charge in [0.2, 0.25) is 0 Å². The van der Waals surface area contributed by atoms with Crippen molar-refractivity contribution in [2.45, 2.75) is 31.1 Å². The second-order valence-corrected chi connectivity index (χ2v) is 5.33. The third-order valence-electron chi connectivity index (χ3n) is 3.13. The molecule has 104 valence electrons. The highest BCUT2D eigenvalue weighted by atomic mass is 79.9. The zero-order chi connectivity index (χ0) is 14.3. The van der Waals surface area contributed by atoms with E-state index < -0.39 is 16.6 Å². The van der Waals surface area contributed by atoms with Crippen molar-refractivity contribution in [3.05, 3.63) is 38.3 Å². The van der Waals surface area contributed by atoms with Crippen molar-refractivity contribution in [3.63, 3.8) is 0 Å². The van der Waals surface area contributed by atoms with E-state index in [4.69, 9.17) is 0 Å². The smallest absolute Gasteiger partial charge is 0.299 e. The second kappa shape index (κ2) is 4.75. The number of nitrogens with zero attached hydrogens (tertiary/aromatic N) is 1. The molecule has 1 aliphatic rings. The fourth-order valence-corrected chi connectivity index (χ4v) is 2.16. The average molecular weight is 339 g/mol. The lowest BCUT2D eigenvalue weighted by Gasteiger charge is -2.20. The van der Waals surface area contributed by atoms with Crippen molar-refractivity contribution in [1.29, 1.82) is 0 Å². The van der Waals surface area contributed by atoms with Crippen LogP contribution in [-0.4, -0.2) is 16.6 Å². The molecule has 19 heavy (non-hydrogen) atoms. The molecule has 0 aliphatic heterocycles. The van der Waals surface area contributed by atoms with Gasteiger partial charge in [-0.05, 0) is 40.4 Å². The van der Waals surface area contributed by atoms with Crippen LogP contribution >= 0.6 is 15.9 Å². The molecule has 1 aromatic carbocycles. The predicted octanol–water partition coefficient (Wildman–Crippen LogP) is 3.54. The van der Waals surface area contributed by atoms with Gasteiger partial charge in [-0.3, -0.25) is 15.4 Å². The van der Waals surface area contributed by atoms with Crippen LogP contribution in [-0.2, 0) is 6.54 Å². The molecule has 0 saturated heterocycles. The van der Waals surface area contributed by atoms with Gasteiger partial charge in [0.25, 0.3) is 5.69 Å². The van der Waals surface area contributed by atoms with Crippen molar-refractivity contribution in [3.8, 4) is 0 Å². The number of nitrogens with one attached hydrogen (secondary N) is 1. The number of benzene rings is 1. The summed E-state index contributed by atoms with van der Waals surface area (Å²) in [7, 11) is 0. The van der Waals surface area contributed by atoms with E-state index in [0.29, 0.717) is 10.0 Å². The van der Waals surface area contributed by atoms with Gasteiger partial charge in [0.05, 0.1) is 9.40 Å². The van der Waals surface area contributed by atoms with E-state index in [9.17, 15) is 23.3 Å². The van der Waals surface area contributed by atoms with Crippen LogP contribution in [0.4, 0.5) is 18.9 Å². The van der Waals surface area contributed by atoms with E-state index in [1.807, 2.05) is 0 Å². The van der Waals surface area contributed by atoms with E-state index in [0.717, 1.165) is 0 Å². The number of rotatable bonds is 4. The molecule has 0 radical (unpaired) electrons. The molecule has 0 atom stereocenters. The van der Waals surface area contributed by atoms with Crippen molar-refractivity contribution < 1.29 is 18.1 Å². The third kappa shape index (κ3) is 2.89. The molecule has 8 heteroatoms. The van der Waals surface area contributed by atoms with Gasteiger partial charge in [0.1, 0.15) is 5.54 Å². The minimum absolute atomic E-state index is 0.0480. The average Bonchev–Trinajstić information content (AvgIpc) is 3.08. The third-order valence-corrected chi connectivity index (χ3v) is 3.80. The lowest BCUT2D eigenvalue weighted by molar-refractivity contribution is -0.385. The molecule has 1 aliphatic carbocycles. The molecule has 4 nitrogen and oxygen atoms in total. The molecule has 1 saturated carbocycles. The Labute approximate surface area is 115 Å². The minimum Gasteiger partial charge on any atom is -0.299 e. The molecular formula is C11H10BrF3N2O2. The van der Waals surface area contributed by atoms with Crippen molar-refractivity contribution in [2.75, 3.05) is 0 Å². The number of hydrogen-bond donors (Lipinski definition) is 1. The standard InChI is InChI=1S/C11H10BrF3N2O2/c12-8-2-1-7(5-9(8)17(18)19)6-16-10(3-4-10)11(13,14)15/h1-2,5,16H,3-4,6H2. The molecule has 0 bridgehead atoms. The van der Waals surface area contributed by atoms with Crippen LogP contribution in [0.1, 0.15) is 18.4 Å². The summed E-state index contributed by atoms with van der Waals surface area (Å²) in [6.07, 6.45) is -4.18. The normalized spacial score (nSPS) is 17.3. The summed E-state index contributed by atoms with van der Waals surface area (Å²) < 4.78 is 38.4. The summed E-state index contributed by atoms with van der Waals surface area (Å²) in [5.74, 6) is 0. The Morgan fingerprint density at radius 1 is 1.42 bits per heavy atom. The molecule has 0 amide bonds. The number of nitro benzene ring substituents is 1. The largest absolute Gasteiger partial charge is 0.406 e. The van der Waals surface area contributed by atoms with Crippen LogP contribution in [0.3, 0.4) is 0 Å². The van der Waals surface area contributed by atoms with Crippen LogP contribution in [0.25, 0.3) is 0 Å². The maximum absolute atomic E-state index is 12.7. The highest BCUT2D eigenvalue weighted by Gasteiger charge is 2.62. The Hall–Kier alpha value is -1.15. The fourth-order valence-electron chi connectivity index (χ4n) is 1.76. The minimum atomic E-state index is -4.28. The molecule has 1 N–H and O–H groups in total. The molecule has 0 unspecified atom stereocenters. The molecule has 0 aromatic heterocycles. The van der Waals surface area contributed by atoms with Gasteiger partial charge >= 0.3 is 6.18 Å². The van der Waals surface area contributed by atoms with Crippen LogP contribution in [0.2, 0.25) is 0 Å². The van der Waals surface area contributed by atoms with Crippen LogP contribution in [0.5, 0.6) is 0 Å².